The number of nitrogens with zero attached hydrogens (tertiary/aromatic N) is 2. The van der Waals surface area contributed by atoms with Crippen LogP contribution in [0.15, 0.2) is 158 Å². The molecular formula is C61H73N3O12. The van der Waals surface area contributed by atoms with Crippen molar-refractivity contribution in [3.63, 3.8) is 0 Å². The van der Waals surface area contributed by atoms with E-state index in [0.717, 1.165) is 75.9 Å². The Bertz CT molecular complexity index is 2450. The van der Waals surface area contributed by atoms with Crippen LogP contribution in [0, 0.1) is 0 Å². The average molecular weight is 1040 g/mol. The van der Waals surface area contributed by atoms with Gasteiger partial charge >= 0.3 is 5.97 Å². The van der Waals surface area contributed by atoms with E-state index in [2.05, 4.69) is 0 Å². The summed E-state index contributed by atoms with van der Waals surface area (Å²) in [6.07, 6.45) is 4.56. The molecule has 3 amide bonds. The number of carbonyl (C=O) groups is 4. The van der Waals surface area contributed by atoms with E-state index in [0.29, 0.717) is 51.6 Å². The molecule has 6 rings (SSSR count). The van der Waals surface area contributed by atoms with Gasteiger partial charge in [-0.2, -0.15) is 0 Å². The molecule has 0 saturated carbocycles. The molecular weight excluding hydrogens is 967 g/mol. The molecule has 0 fully saturated rings. The number of para-hydroxylation sites is 2. The van der Waals surface area contributed by atoms with Crippen LogP contribution in [-0.2, 0) is 59.7 Å². The number of unbranched alkanes of at least 4 members (excludes halogenated alkanes) is 4. The number of hydroxylamine groups is 1. The summed E-state index contributed by atoms with van der Waals surface area (Å²) in [4.78, 5) is 54.3. The summed E-state index contributed by atoms with van der Waals surface area (Å²) >= 11 is 0. The first-order valence-electron chi connectivity index (χ1n) is 25.5. The van der Waals surface area contributed by atoms with E-state index in [9.17, 15) is 19.2 Å². The van der Waals surface area contributed by atoms with E-state index in [1.54, 1.807) is 43.7 Å². The van der Waals surface area contributed by atoms with E-state index in [1.807, 2.05) is 158 Å². The highest BCUT2D eigenvalue weighted by molar-refractivity contribution is 5.97. The summed E-state index contributed by atoms with van der Waals surface area (Å²) in [6, 6.07) is 49.7. The van der Waals surface area contributed by atoms with Crippen LogP contribution in [0.5, 0.6) is 23.0 Å². The molecule has 2 atom stereocenters. The predicted octanol–water partition coefficient (Wildman–Crippen LogP) is 11.2. The summed E-state index contributed by atoms with van der Waals surface area (Å²) in [5, 5.41) is 8.70. The molecule has 404 valence electrons. The number of benzene rings is 6. The quantitative estimate of drug-likeness (QED) is 0.0190. The van der Waals surface area contributed by atoms with Crippen molar-refractivity contribution >= 4 is 35.1 Å². The van der Waals surface area contributed by atoms with E-state index in [-0.39, 0.29) is 37.4 Å². The molecule has 6 aromatic rings. The summed E-state index contributed by atoms with van der Waals surface area (Å²) in [6.45, 7) is 1.31. The minimum absolute atomic E-state index is 0.108. The van der Waals surface area contributed by atoms with Crippen LogP contribution in [0.1, 0.15) is 86.5 Å². The highest BCUT2D eigenvalue weighted by Crippen LogP contribution is 2.26. The minimum Gasteiger partial charge on any atom is -0.497 e. The lowest BCUT2D eigenvalue weighted by molar-refractivity contribution is -0.140. The molecule has 0 aliphatic rings. The number of esters is 1. The SMILES string of the molecule is COC(=O)CCCCCC(OCc1cccc(OC)c1)C(=O)N(Cc1ccc(OC)cc1)c1ccccc1.COc1ccc(CN(C(=O)C(CCCCCC(=O)NO)OCc2cccc(OC)c2)c2ccccc2)cc1. The van der Waals surface area contributed by atoms with Crippen molar-refractivity contribution in [3.8, 4) is 23.0 Å². The van der Waals surface area contributed by atoms with Crippen molar-refractivity contribution in [1.82, 2.24) is 5.48 Å². The zero-order valence-electron chi connectivity index (χ0n) is 44.4. The molecule has 0 saturated heterocycles. The second-order valence-electron chi connectivity index (χ2n) is 17.8. The molecule has 2 N–H and O–H groups in total. The Balaban J connectivity index is 0.000000281. The lowest BCUT2D eigenvalue weighted by atomic mass is 10.1. The number of ether oxygens (including phenoxy) is 7. The van der Waals surface area contributed by atoms with Gasteiger partial charge in [0, 0.05) is 24.2 Å². The first kappa shape index (κ1) is 59.2. The summed E-state index contributed by atoms with van der Waals surface area (Å²) in [5.74, 6) is 2.09. The second-order valence-corrected chi connectivity index (χ2v) is 17.8. The largest absolute Gasteiger partial charge is 0.497 e. The van der Waals surface area contributed by atoms with Gasteiger partial charge in [-0.05, 0) is 121 Å². The molecule has 0 radical (unpaired) electrons. The molecule has 0 spiro atoms. The summed E-state index contributed by atoms with van der Waals surface area (Å²) in [5.41, 5.74) is 7.00. The van der Waals surface area contributed by atoms with Gasteiger partial charge in [0.25, 0.3) is 11.8 Å². The highest BCUT2D eigenvalue weighted by Gasteiger charge is 2.28. The van der Waals surface area contributed by atoms with Gasteiger partial charge in [-0.25, -0.2) is 5.48 Å². The van der Waals surface area contributed by atoms with Gasteiger partial charge in [0.1, 0.15) is 35.2 Å². The first-order chi connectivity index (χ1) is 37.1. The molecule has 0 aliphatic heterocycles. The van der Waals surface area contributed by atoms with Gasteiger partial charge in [0.05, 0.1) is 61.9 Å². The smallest absolute Gasteiger partial charge is 0.305 e. The van der Waals surface area contributed by atoms with Gasteiger partial charge < -0.3 is 43.0 Å². The molecule has 0 bridgehead atoms. The molecule has 0 aromatic heterocycles. The van der Waals surface area contributed by atoms with Crippen molar-refractivity contribution in [2.24, 2.45) is 0 Å². The fraction of sp³-hybridized carbons (Fsp3) is 0.344. The number of amides is 3. The van der Waals surface area contributed by atoms with Crippen molar-refractivity contribution < 1.29 is 57.5 Å². The molecule has 15 nitrogen and oxygen atoms in total. The highest BCUT2D eigenvalue weighted by atomic mass is 16.5. The maximum absolute atomic E-state index is 14.0. The summed E-state index contributed by atoms with van der Waals surface area (Å²) < 4.78 is 38.4. The number of anilines is 2. The van der Waals surface area contributed by atoms with Gasteiger partial charge in [0.2, 0.25) is 5.91 Å². The Kier molecular flexibility index (Phi) is 25.9. The fourth-order valence-electron chi connectivity index (χ4n) is 8.18. The molecule has 0 aliphatic carbocycles. The van der Waals surface area contributed by atoms with E-state index in [4.69, 9.17) is 38.4 Å². The first-order valence-corrected chi connectivity index (χ1v) is 25.5. The number of hydrogen-bond acceptors (Lipinski definition) is 12. The van der Waals surface area contributed by atoms with Crippen LogP contribution in [0.2, 0.25) is 0 Å². The average Bonchev–Trinajstić information content (AvgIpc) is 3.47. The van der Waals surface area contributed by atoms with Crippen molar-refractivity contribution in [1.29, 1.82) is 0 Å². The molecule has 2 unspecified atom stereocenters. The summed E-state index contributed by atoms with van der Waals surface area (Å²) in [7, 11) is 7.88. The molecule has 15 heteroatoms. The normalized spacial score (nSPS) is 11.4. The predicted molar refractivity (Wildman–Crippen MR) is 293 cm³/mol. The number of nitrogens with one attached hydrogen (secondary N) is 1. The van der Waals surface area contributed by atoms with Gasteiger partial charge in [0.15, 0.2) is 0 Å². The van der Waals surface area contributed by atoms with E-state index < -0.39 is 18.1 Å². The maximum atomic E-state index is 14.0. The third-order valence-corrected chi connectivity index (χ3v) is 12.5. The van der Waals surface area contributed by atoms with Crippen LogP contribution >= 0.6 is 0 Å². The molecule has 6 aromatic carbocycles. The van der Waals surface area contributed by atoms with Crippen molar-refractivity contribution in [2.75, 3.05) is 45.3 Å². The van der Waals surface area contributed by atoms with Gasteiger partial charge in [-0.15, -0.1) is 0 Å². The maximum Gasteiger partial charge on any atom is 0.305 e. The lowest BCUT2D eigenvalue weighted by Crippen LogP contribution is -2.40. The van der Waals surface area contributed by atoms with E-state index in [1.165, 1.54) is 7.11 Å². The van der Waals surface area contributed by atoms with Gasteiger partial charge in [-0.3, -0.25) is 24.4 Å². The van der Waals surface area contributed by atoms with Crippen LogP contribution in [-0.4, -0.2) is 76.7 Å². The molecule has 0 heterocycles. The minimum atomic E-state index is -0.689. The zero-order valence-corrected chi connectivity index (χ0v) is 44.4. The Morgan fingerprint density at radius 1 is 0.447 bits per heavy atom. The van der Waals surface area contributed by atoms with Crippen LogP contribution in [0.4, 0.5) is 11.4 Å². The lowest BCUT2D eigenvalue weighted by Gasteiger charge is -2.28. The number of rotatable bonds is 30. The zero-order chi connectivity index (χ0) is 54.3. The molecule has 76 heavy (non-hydrogen) atoms. The topological polar surface area (TPSA) is 172 Å². The monoisotopic (exact) mass is 1040 g/mol. The van der Waals surface area contributed by atoms with Crippen molar-refractivity contribution in [3.05, 3.63) is 180 Å². The third-order valence-electron chi connectivity index (χ3n) is 12.5. The third kappa shape index (κ3) is 20.2. The fourth-order valence-corrected chi connectivity index (χ4v) is 8.18. The van der Waals surface area contributed by atoms with E-state index >= 15 is 0 Å². The number of hydrogen-bond donors (Lipinski definition) is 2. The number of carbonyl (C=O) groups excluding carboxylic acids is 4. The Labute approximate surface area is 447 Å². The van der Waals surface area contributed by atoms with Crippen LogP contribution < -0.4 is 34.2 Å². The van der Waals surface area contributed by atoms with Gasteiger partial charge in [-0.1, -0.05) is 111 Å². The standard InChI is InChI=1S/C31H37NO6.C30H36N2O6/c1-35-27-19-17-24(18-20-27)22-32(26-12-6-4-7-13-26)31(34)29(15-8-5-9-16-30(33)37-3)38-23-25-11-10-14-28(21-25)36-2;1-36-26-18-16-23(17-19-26)21-32(25-11-5-3-6-12-25)30(34)28(14-7-4-8-15-29(33)31-35)38-22-24-10-9-13-27(20-24)37-2/h4,6-7,10-14,17-21,29H,5,8-9,15-16,22-23H2,1-3H3;3,5-6,9-13,16-20,28,35H,4,7-8,14-15,21-22H2,1-2H3,(H,31,33). The number of methoxy groups -OCH3 is 5. The second kappa shape index (κ2) is 33.3. The Morgan fingerprint density at radius 2 is 0.855 bits per heavy atom. The van der Waals surface area contributed by atoms with Crippen LogP contribution in [0.25, 0.3) is 0 Å². The van der Waals surface area contributed by atoms with Crippen LogP contribution in [0.3, 0.4) is 0 Å². The van der Waals surface area contributed by atoms with Crippen molar-refractivity contribution in [2.45, 2.75) is 103 Å². The Hall–Kier alpha value is -7.72. The Morgan fingerprint density at radius 3 is 1.24 bits per heavy atom.